The molecule has 0 fully saturated rings. The van der Waals surface area contributed by atoms with Gasteiger partial charge < -0.3 is 19.8 Å². The van der Waals surface area contributed by atoms with Gasteiger partial charge in [0.15, 0.2) is 0 Å². The third-order valence-corrected chi connectivity index (χ3v) is 0. The average Bonchev–Trinajstić information content (AvgIpc) is 1.39. The summed E-state index contributed by atoms with van der Waals surface area (Å²) in [5.74, 6) is 0. The van der Waals surface area contributed by atoms with E-state index in [0.717, 1.165) is 0 Å². The number of rotatable bonds is 0. The fourth-order valence-corrected chi connectivity index (χ4v) is 0. The van der Waals surface area contributed by atoms with E-state index in [0.29, 0.717) is 12.9 Å². The molecular weight excluding hydrogens is 251 g/mol. The van der Waals surface area contributed by atoms with Crippen LogP contribution in [0.5, 0.6) is 0 Å². The minimum atomic E-state index is 0. The van der Waals surface area contributed by atoms with Gasteiger partial charge in [-0.1, -0.05) is 12.9 Å². The van der Waals surface area contributed by atoms with E-state index < -0.39 is 0 Å². The molecule has 0 aromatic carbocycles. The Morgan fingerprint density at radius 2 is 0.889 bits per heavy atom. The summed E-state index contributed by atoms with van der Waals surface area (Å²) >= 11 is 0. The topological polar surface area (TPSA) is 74.6 Å². The molecule has 0 amide bonds. The fraction of sp³-hybridized carbons (Fsp3) is 0. The molecule has 2 N–H and O–H groups in total. The number of hydrogen-bond donors (Lipinski definition) is 2. The van der Waals surface area contributed by atoms with Gasteiger partial charge in [-0.05, 0) is 0 Å². The molecule has 2 unspecified atom stereocenters. The second kappa shape index (κ2) is 79.0. The largest absolute Gasteiger partial charge is 2.00 e. The molecule has 0 bridgehead atoms. The van der Waals surface area contributed by atoms with Gasteiger partial charge in [-0.15, -0.1) is 0 Å². The second-order valence-corrected chi connectivity index (χ2v) is 0.183. The van der Waals surface area contributed by atoms with E-state index in [1.165, 1.54) is 0 Å². The predicted molar refractivity (Wildman–Crippen MR) is 38.9 cm³/mol. The van der Waals surface area contributed by atoms with E-state index in [9.17, 15) is 0 Å². The third-order valence-electron chi connectivity index (χ3n) is 0. The Balaban J connectivity index is -0.00000000889. The smallest absolute Gasteiger partial charge is 0.665 e. The summed E-state index contributed by atoms with van der Waals surface area (Å²) in [6.45, 7) is 1.00. The Kier molecular flexibility index (Phi) is 300. The van der Waals surface area contributed by atoms with Crippen molar-refractivity contribution in [2.24, 2.45) is 0 Å². The molecule has 4 nitrogen and oxygen atoms in total. The Hall–Kier alpha value is 0.423. The van der Waals surface area contributed by atoms with Gasteiger partial charge in [0.25, 0.3) is 0 Å². The first-order chi connectivity index (χ1) is 2.83. The maximum absolute atomic E-state index is 8.24. The van der Waals surface area contributed by atoms with E-state index in [4.69, 9.17) is 19.8 Å². The summed E-state index contributed by atoms with van der Waals surface area (Å²) in [6, 6.07) is 0. The first-order valence-electron chi connectivity index (χ1n) is 0.855. The van der Waals surface area contributed by atoms with Gasteiger partial charge in [0, 0.05) is 0 Å². The molecule has 0 spiro atoms. The maximum Gasteiger partial charge on any atom is 2.00 e. The minimum absolute atomic E-state index is 0. The maximum atomic E-state index is 8.24. The zero-order valence-electron chi connectivity index (χ0n) is 4.48. The minimum Gasteiger partial charge on any atom is -0.665 e. The van der Waals surface area contributed by atoms with Crippen molar-refractivity contribution in [1.82, 2.24) is 0 Å². The van der Waals surface area contributed by atoms with Gasteiger partial charge in [0.1, 0.15) is 0 Å². The number of aliphatic hydroxyl groups excluding tert-OH is 2. The van der Waals surface area contributed by atoms with Crippen molar-refractivity contribution in [3.8, 4) is 0 Å². The molecule has 0 radical (unpaired) electrons. The van der Waals surface area contributed by atoms with Gasteiger partial charge in [-0.2, -0.15) is 19.8 Å². The fourth-order valence-electron chi connectivity index (χ4n) is 0. The van der Waals surface area contributed by atoms with Crippen LogP contribution < -0.4 is 0 Å². The van der Waals surface area contributed by atoms with E-state index in [-0.39, 0.29) is 39.3 Å². The predicted octanol–water partition coefficient (Wildman–Crippen LogP) is -0.663. The van der Waals surface area contributed by atoms with Gasteiger partial charge in [0.2, 0.25) is 0 Å². The van der Waals surface area contributed by atoms with E-state index in [1.807, 2.05) is 0 Å². The van der Waals surface area contributed by atoms with Crippen LogP contribution in [-0.2, 0) is 29.1 Å². The normalized spacial score (nSPS) is 2.67. The number of hydrogen-bond acceptors (Lipinski definition) is 2. The molecule has 0 saturated carbocycles. The standard InChI is InChI=1S/2CHO2.2H3P.Ru/c2*2-1-3;;;/h2*(H,2,3);2*1H3;/q2*-1;;;+2. The van der Waals surface area contributed by atoms with Crippen molar-refractivity contribution in [3.63, 3.8) is 0 Å². The van der Waals surface area contributed by atoms with Crippen LogP contribution >= 0.6 is 19.8 Å². The first-order valence-corrected chi connectivity index (χ1v) is 0.855. The zero-order valence-corrected chi connectivity index (χ0v) is 9.05. The van der Waals surface area contributed by atoms with Crippen LogP contribution in [0.25, 0.3) is 0 Å². The van der Waals surface area contributed by atoms with Crippen molar-refractivity contribution in [1.29, 1.82) is 0 Å². The average molecular weight is 259 g/mol. The Morgan fingerprint density at radius 3 is 0.889 bits per heavy atom. The molecule has 0 saturated heterocycles. The Bertz CT molecular complexity index is 37.5. The van der Waals surface area contributed by atoms with Crippen molar-refractivity contribution < 1.29 is 39.3 Å². The quantitative estimate of drug-likeness (QED) is 0.344. The summed E-state index contributed by atoms with van der Waals surface area (Å²) in [5, 5.41) is 13.5. The summed E-state index contributed by atoms with van der Waals surface area (Å²) < 4.78 is 0. The molecule has 0 aliphatic carbocycles. The van der Waals surface area contributed by atoms with Crippen LogP contribution in [0, 0.1) is 0 Å². The summed E-state index contributed by atoms with van der Waals surface area (Å²) in [4.78, 5) is 16.5. The Morgan fingerprint density at radius 1 is 0.889 bits per heavy atom. The van der Waals surface area contributed by atoms with E-state index in [2.05, 4.69) is 0 Å². The summed E-state index contributed by atoms with van der Waals surface area (Å²) in [5.41, 5.74) is 0. The SMILES string of the molecule is O=[C-]O.O=[C-]O.P.P.[Ru+2]. The molecular formula is C2H8O4P2Ru. The second-order valence-electron chi connectivity index (χ2n) is 0.183. The van der Waals surface area contributed by atoms with Crippen molar-refractivity contribution in [2.45, 2.75) is 0 Å². The molecule has 0 rings (SSSR count). The zero-order chi connectivity index (χ0) is 5.41. The van der Waals surface area contributed by atoms with Crippen molar-refractivity contribution in [2.75, 3.05) is 0 Å². The monoisotopic (exact) mass is 260 g/mol. The van der Waals surface area contributed by atoms with Gasteiger partial charge in [-0.25, -0.2) is 0 Å². The molecule has 58 valence electrons. The van der Waals surface area contributed by atoms with Crippen LogP contribution in [0.3, 0.4) is 0 Å². The molecule has 0 aliphatic heterocycles. The van der Waals surface area contributed by atoms with Crippen LogP contribution in [0.2, 0.25) is 0 Å². The van der Waals surface area contributed by atoms with Crippen LogP contribution in [0.4, 0.5) is 0 Å². The molecule has 0 aliphatic rings. The Labute approximate surface area is 72.4 Å². The summed E-state index contributed by atoms with van der Waals surface area (Å²) in [6.07, 6.45) is 0. The van der Waals surface area contributed by atoms with Crippen molar-refractivity contribution in [3.05, 3.63) is 0 Å². The third kappa shape index (κ3) is 1940. The van der Waals surface area contributed by atoms with Gasteiger partial charge >= 0.3 is 19.5 Å². The van der Waals surface area contributed by atoms with Crippen LogP contribution in [0.15, 0.2) is 0 Å². The van der Waals surface area contributed by atoms with Crippen LogP contribution in [0.1, 0.15) is 0 Å². The molecule has 9 heavy (non-hydrogen) atoms. The molecule has 0 aromatic heterocycles. The molecule has 2 atom stereocenters. The van der Waals surface area contributed by atoms with Gasteiger partial charge in [-0.3, -0.25) is 0 Å². The van der Waals surface area contributed by atoms with E-state index in [1.54, 1.807) is 0 Å². The van der Waals surface area contributed by atoms with Gasteiger partial charge in [0.05, 0.1) is 0 Å². The molecule has 0 aromatic rings. The van der Waals surface area contributed by atoms with Crippen LogP contribution in [-0.4, -0.2) is 23.2 Å². The van der Waals surface area contributed by atoms with Crippen molar-refractivity contribution >= 4 is 32.7 Å². The summed E-state index contributed by atoms with van der Waals surface area (Å²) in [7, 11) is 0. The molecule has 7 heteroatoms. The molecule has 0 heterocycles. The first kappa shape index (κ1) is 34.2. The van der Waals surface area contributed by atoms with E-state index >= 15 is 0 Å².